The van der Waals surface area contributed by atoms with Crippen molar-refractivity contribution in [2.45, 2.75) is 52.7 Å². The number of hydrogen-bond acceptors (Lipinski definition) is 2. The molecular formula is C18H27NO2. The van der Waals surface area contributed by atoms with Gasteiger partial charge in [-0.15, -0.1) is 0 Å². The number of rotatable bonds is 2. The molecule has 0 spiro atoms. The molecule has 2 rings (SSSR count). The summed E-state index contributed by atoms with van der Waals surface area (Å²) >= 11 is 0. The van der Waals surface area contributed by atoms with E-state index in [0.29, 0.717) is 13.2 Å². The second-order valence-electron chi connectivity index (χ2n) is 7.60. The van der Waals surface area contributed by atoms with E-state index in [2.05, 4.69) is 26.0 Å². The minimum absolute atomic E-state index is 0.0757. The maximum absolute atomic E-state index is 12.7. The molecule has 0 N–H and O–H groups in total. The molecule has 0 bridgehead atoms. The van der Waals surface area contributed by atoms with E-state index in [9.17, 15) is 4.79 Å². The molecule has 3 heteroatoms. The van der Waals surface area contributed by atoms with Gasteiger partial charge in [0, 0.05) is 18.4 Å². The largest absolute Gasteiger partial charge is 0.374 e. The highest BCUT2D eigenvalue weighted by Crippen LogP contribution is 2.29. The van der Waals surface area contributed by atoms with Gasteiger partial charge in [-0.2, -0.15) is 0 Å². The van der Waals surface area contributed by atoms with Crippen LogP contribution in [0, 0.1) is 5.41 Å². The number of amides is 1. The highest BCUT2D eigenvalue weighted by molar-refractivity contribution is 5.82. The molecule has 1 aromatic rings. The van der Waals surface area contributed by atoms with E-state index in [0.717, 1.165) is 6.42 Å². The standard InChI is InChI=1S/C18H27NO2/c1-17(2,3)16(20)19-12-15(21-13-18(19,4)5)11-14-9-7-6-8-10-14/h6-10,15H,11-13H2,1-5H3. The van der Waals surface area contributed by atoms with Crippen LogP contribution in [-0.4, -0.2) is 35.6 Å². The van der Waals surface area contributed by atoms with Crippen molar-refractivity contribution in [3.63, 3.8) is 0 Å². The van der Waals surface area contributed by atoms with Crippen LogP contribution in [0.15, 0.2) is 30.3 Å². The summed E-state index contributed by atoms with van der Waals surface area (Å²) in [6.07, 6.45) is 0.928. The number of carbonyl (C=O) groups is 1. The molecule has 0 saturated carbocycles. The van der Waals surface area contributed by atoms with Crippen molar-refractivity contribution in [1.82, 2.24) is 4.90 Å². The molecule has 1 aliphatic rings. The highest BCUT2D eigenvalue weighted by Gasteiger charge is 2.41. The topological polar surface area (TPSA) is 29.5 Å². The van der Waals surface area contributed by atoms with E-state index in [4.69, 9.17) is 4.74 Å². The maximum atomic E-state index is 12.7. The number of carbonyl (C=O) groups excluding carboxylic acids is 1. The molecule has 1 amide bonds. The van der Waals surface area contributed by atoms with Gasteiger partial charge in [-0.3, -0.25) is 4.79 Å². The molecular weight excluding hydrogens is 262 g/mol. The van der Waals surface area contributed by atoms with Crippen LogP contribution in [0.3, 0.4) is 0 Å². The van der Waals surface area contributed by atoms with Crippen molar-refractivity contribution in [3.05, 3.63) is 35.9 Å². The monoisotopic (exact) mass is 289 g/mol. The molecule has 1 aromatic carbocycles. The summed E-state index contributed by atoms with van der Waals surface area (Å²) in [4.78, 5) is 14.7. The molecule has 1 unspecified atom stereocenters. The zero-order chi connectivity index (χ0) is 15.7. The molecule has 116 valence electrons. The molecule has 1 heterocycles. The van der Waals surface area contributed by atoms with E-state index in [1.54, 1.807) is 0 Å². The Kier molecular flexibility index (Phi) is 4.43. The Balaban J connectivity index is 2.11. The van der Waals surface area contributed by atoms with Crippen molar-refractivity contribution >= 4 is 5.91 Å². The van der Waals surface area contributed by atoms with Gasteiger partial charge < -0.3 is 9.64 Å². The molecule has 1 atom stereocenters. The Hall–Kier alpha value is -1.35. The minimum Gasteiger partial charge on any atom is -0.374 e. The van der Waals surface area contributed by atoms with E-state index >= 15 is 0 Å². The van der Waals surface area contributed by atoms with Crippen molar-refractivity contribution in [1.29, 1.82) is 0 Å². The Morgan fingerprint density at radius 3 is 2.48 bits per heavy atom. The summed E-state index contributed by atoms with van der Waals surface area (Å²) in [6, 6.07) is 10.3. The van der Waals surface area contributed by atoms with Crippen molar-refractivity contribution in [2.75, 3.05) is 13.2 Å². The smallest absolute Gasteiger partial charge is 0.228 e. The van der Waals surface area contributed by atoms with Gasteiger partial charge >= 0.3 is 0 Å². The minimum atomic E-state index is -0.355. The zero-order valence-electron chi connectivity index (χ0n) is 13.8. The lowest BCUT2D eigenvalue weighted by Crippen LogP contribution is -2.60. The first kappa shape index (κ1) is 16.0. The van der Waals surface area contributed by atoms with Crippen LogP contribution < -0.4 is 0 Å². The highest BCUT2D eigenvalue weighted by atomic mass is 16.5. The van der Waals surface area contributed by atoms with E-state index in [1.165, 1.54) is 5.56 Å². The van der Waals surface area contributed by atoms with Crippen LogP contribution in [0.4, 0.5) is 0 Å². The number of morpholine rings is 1. The molecule has 0 aromatic heterocycles. The van der Waals surface area contributed by atoms with Gasteiger partial charge in [0.25, 0.3) is 0 Å². The van der Waals surface area contributed by atoms with Gasteiger partial charge in [-0.1, -0.05) is 51.1 Å². The Morgan fingerprint density at radius 2 is 1.90 bits per heavy atom. The molecule has 21 heavy (non-hydrogen) atoms. The summed E-state index contributed by atoms with van der Waals surface area (Å²) in [7, 11) is 0. The van der Waals surface area contributed by atoms with Crippen molar-refractivity contribution in [3.8, 4) is 0 Å². The first-order valence-corrected chi connectivity index (χ1v) is 7.68. The van der Waals surface area contributed by atoms with Gasteiger partial charge in [0.15, 0.2) is 0 Å². The Bertz CT molecular complexity index is 488. The molecule has 1 fully saturated rings. The van der Waals surface area contributed by atoms with Crippen molar-refractivity contribution in [2.24, 2.45) is 5.41 Å². The number of benzene rings is 1. The predicted octanol–water partition coefficient (Wildman–Crippen LogP) is 3.28. The van der Waals surface area contributed by atoms with E-state index < -0.39 is 0 Å². The van der Waals surface area contributed by atoms with E-state index in [1.807, 2.05) is 43.9 Å². The van der Waals surface area contributed by atoms with Crippen LogP contribution in [0.5, 0.6) is 0 Å². The molecule has 1 saturated heterocycles. The van der Waals surface area contributed by atoms with Gasteiger partial charge in [-0.25, -0.2) is 0 Å². The average molecular weight is 289 g/mol. The number of ether oxygens (including phenoxy) is 1. The van der Waals surface area contributed by atoms with Crippen LogP contribution in [0.1, 0.15) is 40.2 Å². The Morgan fingerprint density at radius 1 is 1.29 bits per heavy atom. The zero-order valence-corrected chi connectivity index (χ0v) is 13.8. The lowest BCUT2D eigenvalue weighted by Gasteiger charge is -2.47. The Labute approximate surface area is 128 Å². The second-order valence-corrected chi connectivity index (χ2v) is 7.60. The molecule has 3 nitrogen and oxygen atoms in total. The lowest BCUT2D eigenvalue weighted by atomic mass is 9.89. The predicted molar refractivity (Wildman–Crippen MR) is 85.1 cm³/mol. The fraction of sp³-hybridized carbons (Fsp3) is 0.611. The first-order valence-electron chi connectivity index (χ1n) is 7.68. The van der Waals surface area contributed by atoms with E-state index in [-0.39, 0.29) is 23.0 Å². The maximum Gasteiger partial charge on any atom is 0.228 e. The van der Waals surface area contributed by atoms with Crippen molar-refractivity contribution < 1.29 is 9.53 Å². The summed E-state index contributed by atoms with van der Waals surface area (Å²) in [5, 5.41) is 0. The van der Waals surface area contributed by atoms with Crippen LogP contribution in [0.2, 0.25) is 0 Å². The molecule has 0 radical (unpaired) electrons. The summed E-state index contributed by atoms with van der Waals surface area (Å²) in [5.74, 6) is 0.203. The third-order valence-electron chi connectivity index (χ3n) is 3.98. The summed E-state index contributed by atoms with van der Waals surface area (Å²) in [6.45, 7) is 11.3. The third-order valence-corrected chi connectivity index (χ3v) is 3.98. The summed E-state index contributed by atoms with van der Waals surface area (Å²) < 4.78 is 6.00. The third kappa shape index (κ3) is 3.85. The molecule has 1 aliphatic heterocycles. The van der Waals surface area contributed by atoms with Gasteiger partial charge in [0.05, 0.1) is 18.2 Å². The SMILES string of the molecule is CC(C)(C)C(=O)N1CC(Cc2ccccc2)OCC1(C)C. The van der Waals surface area contributed by atoms with Gasteiger partial charge in [0.2, 0.25) is 5.91 Å². The second kappa shape index (κ2) is 5.80. The quantitative estimate of drug-likeness (QED) is 0.836. The molecule has 0 aliphatic carbocycles. The van der Waals surface area contributed by atoms with Gasteiger partial charge in [0.1, 0.15) is 0 Å². The van der Waals surface area contributed by atoms with Crippen LogP contribution in [0.25, 0.3) is 0 Å². The van der Waals surface area contributed by atoms with Crippen LogP contribution in [-0.2, 0) is 16.0 Å². The number of nitrogens with zero attached hydrogens (tertiary/aromatic N) is 1. The fourth-order valence-corrected chi connectivity index (χ4v) is 2.67. The lowest BCUT2D eigenvalue weighted by molar-refractivity contribution is -0.162. The normalized spacial score (nSPS) is 22.1. The average Bonchev–Trinajstić information content (AvgIpc) is 2.40. The van der Waals surface area contributed by atoms with Crippen LogP contribution >= 0.6 is 0 Å². The first-order chi connectivity index (χ1) is 9.70. The summed E-state index contributed by atoms with van der Waals surface area (Å²) in [5.41, 5.74) is 0.661. The van der Waals surface area contributed by atoms with Gasteiger partial charge in [-0.05, 0) is 19.4 Å². The fourth-order valence-electron chi connectivity index (χ4n) is 2.67. The number of hydrogen-bond donors (Lipinski definition) is 0.